The number of aryl methyl sites for hydroxylation is 1. The molecule has 0 bridgehead atoms. The molecule has 0 saturated carbocycles. The Hall–Kier alpha value is -1.95. The van der Waals surface area contributed by atoms with E-state index in [2.05, 4.69) is 52.5 Å². The van der Waals surface area contributed by atoms with Gasteiger partial charge in [0.15, 0.2) is 0 Å². The average molecular weight is 407 g/mol. The SMILES string of the molecule is CN(C[C@@H]1Cc2c(cccc2N2CCC(O)CC2)CN1)[C@H]1CCCc2cccnc21. The van der Waals surface area contributed by atoms with Gasteiger partial charge < -0.3 is 15.3 Å². The molecule has 2 aliphatic heterocycles. The molecule has 5 nitrogen and oxygen atoms in total. The minimum atomic E-state index is -0.129. The van der Waals surface area contributed by atoms with Gasteiger partial charge in [0.05, 0.1) is 17.8 Å². The Morgan fingerprint density at radius 2 is 1.97 bits per heavy atom. The van der Waals surface area contributed by atoms with Crippen LogP contribution in [0.3, 0.4) is 0 Å². The van der Waals surface area contributed by atoms with Gasteiger partial charge in [-0.15, -0.1) is 0 Å². The highest BCUT2D eigenvalue weighted by Crippen LogP contribution is 2.34. The molecule has 1 aromatic carbocycles. The summed E-state index contributed by atoms with van der Waals surface area (Å²) in [5.74, 6) is 0. The Morgan fingerprint density at radius 1 is 1.13 bits per heavy atom. The fourth-order valence-corrected chi connectivity index (χ4v) is 5.62. The highest BCUT2D eigenvalue weighted by atomic mass is 16.3. The van der Waals surface area contributed by atoms with Crippen LogP contribution in [0.4, 0.5) is 5.69 Å². The van der Waals surface area contributed by atoms with Crippen LogP contribution >= 0.6 is 0 Å². The van der Waals surface area contributed by atoms with Crippen LogP contribution in [0, 0.1) is 0 Å². The van der Waals surface area contributed by atoms with Crippen molar-refractivity contribution in [2.45, 2.75) is 63.3 Å². The highest BCUT2D eigenvalue weighted by molar-refractivity contribution is 5.58. The monoisotopic (exact) mass is 406 g/mol. The maximum Gasteiger partial charge on any atom is 0.0607 e. The normalized spacial score (nSPS) is 24.6. The summed E-state index contributed by atoms with van der Waals surface area (Å²) in [6, 6.07) is 11.9. The minimum Gasteiger partial charge on any atom is -0.393 e. The maximum absolute atomic E-state index is 9.90. The van der Waals surface area contributed by atoms with Crippen molar-refractivity contribution in [2.24, 2.45) is 0 Å². The molecule has 0 amide bonds. The summed E-state index contributed by atoms with van der Waals surface area (Å²) in [5.41, 5.74) is 7.04. The lowest BCUT2D eigenvalue weighted by Crippen LogP contribution is -2.46. The number of anilines is 1. The number of pyridine rings is 1. The van der Waals surface area contributed by atoms with E-state index in [1.807, 2.05) is 6.20 Å². The van der Waals surface area contributed by atoms with Crippen molar-refractivity contribution in [3.05, 3.63) is 58.9 Å². The second-order valence-electron chi connectivity index (χ2n) is 9.31. The number of aromatic nitrogens is 1. The molecular weight excluding hydrogens is 372 g/mol. The molecule has 2 atom stereocenters. The van der Waals surface area contributed by atoms with Crippen LogP contribution in [0.15, 0.2) is 36.5 Å². The van der Waals surface area contributed by atoms with Crippen LogP contribution in [-0.4, -0.2) is 53.8 Å². The van der Waals surface area contributed by atoms with E-state index in [1.54, 1.807) is 0 Å². The first-order valence-corrected chi connectivity index (χ1v) is 11.6. The van der Waals surface area contributed by atoms with Gasteiger partial charge in [0.1, 0.15) is 0 Å². The van der Waals surface area contributed by atoms with E-state index in [0.717, 1.165) is 51.9 Å². The summed E-state index contributed by atoms with van der Waals surface area (Å²) >= 11 is 0. The van der Waals surface area contributed by atoms with Gasteiger partial charge in [0.25, 0.3) is 0 Å². The summed E-state index contributed by atoms with van der Waals surface area (Å²) < 4.78 is 0. The van der Waals surface area contributed by atoms with E-state index < -0.39 is 0 Å². The van der Waals surface area contributed by atoms with Gasteiger partial charge in [0, 0.05) is 44.1 Å². The number of benzene rings is 1. The number of hydrogen-bond donors (Lipinski definition) is 2. The van der Waals surface area contributed by atoms with Crippen LogP contribution in [-0.2, 0) is 19.4 Å². The van der Waals surface area contributed by atoms with Gasteiger partial charge in [-0.2, -0.15) is 0 Å². The quantitative estimate of drug-likeness (QED) is 0.817. The zero-order valence-corrected chi connectivity index (χ0v) is 18.1. The number of likely N-dealkylation sites (N-methyl/N-ethyl adjacent to an activating group) is 1. The van der Waals surface area contributed by atoms with Crippen molar-refractivity contribution in [2.75, 3.05) is 31.6 Å². The molecule has 1 aromatic heterocycles. The molecule has 2 aromatic rings. The molecule has 5 heteroatoms. The molecule has 0 radical (unpaired) electrons. The van der Waals surface area contributed by atoms with Gasteiger partial charge in [-0.1, -0.05) is 18.2 Å². The van der Waals surface area contributed by atoms with Crippen LogP contribution in [0.2, 0.25) is 0 Å². The number of aliphatic hydroxyl groups excluding tert-OH is 1. The van der Waals surface area contributed by atoms with Gasteiger partial charge in [0.2, 0.25) is 0 Å². The summed E-state index contributed by atoms with van der Waals surface area (Å²) in [6.45, 7) is 3.89. The number of piperidine rings is 1. The van der Waals surface area contributed by atoms with Gasteiger partial charge in [-0.25, -0.2) is 0 Å². The van der Waals surface area contributed by atoms with Crippen molar-refractivity contribution in [3.8, 4) is 0 Å². The molecule has 30 heavy (non-hydrogen) atoms. The van der Waals surface area contributed by atoms with Crippen LogP contribution in [0.25, 0.3) is 0 Å². The fraction of sp³-hybridized carbons (Fsp3) is 0.560. The van der Waals surface area contributed by atoms with Crippen molar-refractivity contribution in [1.29, 1.82) is 0 Å². The van der Waals surface area contributed by atoms with Gasteiger partial charge in [-0.05, 0) is 74.4 Å². The van der Waals surface area contributed by atoms with E-state index in [9.17, 15) is 5.11 Å². The van der Waals surface area contributed by atoms with Crippen molar-refractivity contribution in [1.82, 2.24) is 15.2 Å². The lowest BCUT2D eigenvalue weighted by Gasteiger charge is -2.38. The first-order valence-electron chi connectivity index (χ1n) is 11.6. The third kappa shape index (κ3) is 3.98. The fourth-order valence-electron chi connectivity index (χ4n) is 5.62. The summed E-state index contributed by atoms with van der Waals surface area (Å²) in [7, 11) is 2.27. The predicted octanol–water partition coefficient (Wildman–Crippen LogP) is 3.07. The Kier molecular flexibility index (Phi) is 5.77. The largest absolute Gasteiger partial charge is 0.393 e. The molecule has 1 saturated heterocycles. The van der Waals surface area contributed by atoms with Crippen LogP contribution in [0.1, 0.15) is 54.1 Å². The number of rotatable bonds is 4. The van der Waals surface area contributed by atoms with Gasteiger partial charge in [-0.3, -0.25) is 9.88 Å². The summed E-state index contributed by atoms with van der Waals surface area (Å²) in [5, 5.41) is 13.7. The van der Waals surface area contributed by atoms with Gasteiger partial charge >= 0.3 is 0 Å². The molecule has 3 aliphatic rings. The third-order valence-corrected chi connectivity index (χ3v) is 7.29. The van der Waals surface area contributed by atoms with E-state index in [-0.39, 0.29) is 6.10 Å². The zero-order chi connectivity index (χ0) is 20.5. The summed E-state index contributed by atoms with van der Waals surface area (Å²) in [6.07, 6.45) is 8.25. The van der Waals surface area contributed by atoms with Crippen LogP contribution < -0.4 is 10.2 Å². The maximum atomic E-state index is 9.90. The molecule has 160 valence electrons. The molecule has 5 rings (SSSR count). The number of aliphatic hydroxyl groups is 1. The number of fused-ring (bicyclic) bond motifs is 2. The topological polar surface area (TPSA) is 51.6 Å². The Bertz CT molecular complexity index is 877. The third-order valence-electron chi connectivity index (χ3n) is 7.29. The molecular formula is C25H34N4O. The van der Waals surface area contributed by atoms with Crippen molar-refractivity contribution >= 4 is 5.69 Å². The average Bonchev–Trinajstić information content (AvgIpc) is 2.79. The molecule has 0 spiro atoms. The predicted molar refractivity (Wildman–Crippen MR) is 121 cm³/mol. The molecule has 1 aliphatic carbocycles. The number of nitrogens with one attached hydrogen (secondary N) is 1. The Labute approximate surface area is 180 Å². The Balaban J connectivity index is 1.30. The highest BCUT2D eigenvalue weighted by Gasteiger charge is 2.29. The van der Waals surface area contributed by atoms with E-state index >= 15 is 0 Å². The standard InChI is InChI=1S/C25H34N4O/c1-28(24-9-2-5-18-7-4-12-26-25(18)24)17-20-15-22-19(16-27-20)6-3-8-23(22)29-13-10-21(30)11-14-29/h3-4,6-8,12,20-21,24,27,30H,2,5,9-11,13-17H2,1H3/t20-,24-/m0/s1. The Morgan fingerprint density at radius 3 is 2.83 bits per heavy atom. The molecule has 3 heterocycles. The second kappa shape index (κ2) is 8.66. The second-order valence-corrected chi connectivity index (χ2v) is 9.31. The first-order chi connectivity index (χ1) is 14.7. The smallest absolute Gasteiger partial charge is 0.0607 e. The van der Waals surface area contributed by atoms with E-state index in [4.69, 9.17) is 4.98 Å². The lowest BCUT2D eigenvalue weighted by atomic mass is 9.89. The first kappa shape index (κ1) is 20.0. The van der Waals surface area contributed by atoms with E-state index in [1.165, 1.54) is 40.9 Å². The van der Waals surface area contributed by atoms with Crippen molar-refractivity contribution in [3.63, 3.8) is 0 Å². The number of nitrogens with zero attached hydrogens (tertiary/aromatic N) is 3. The van der Waals surface area contributed by atoms with Crippen LogP contribution in [0.5, 0.6) is 0 Å². The molecule has 2 N–H and O–H groups in total. The molecule has 0 unspecified atom stereocenters. The lowest BCUT2D eigenvalue weighted by molar-refractivity contribution is 0.145. The number of hydrogen-bond acceptors (Lipinski definition) is 5. The minimum absolute atomic E-state index is 0.129. The van der Waals surface area contributed by atoms with Crippen molar-refractivity contribution < 1.29 is 5.11 Å². The molecule has 1 fully saturated rings. The zero-order valence-electron chi connectivity index (χ0n) is 18.1. The summed E-state index contributed by atoms with van der Waals surface area (Å²) in [4.78, 5) is 9.75. The van der Waals surface area contributed by atoms with E-state index in [0.29, 0.717) is 12.1 Å².